The number of benzene rings is 2. The minimum atomic E-state index is -3.60. The van der Waals surface area contributed by atoms with Crippen LogP contribution in [0.5, 0.6) is 5.75 Å². The summed E-state index contributed by atoms with van der Waals surface area (Å²) in [7, 11) is -2.03. The van der Waals surface area contributed by atoms with E-state index < -0.39 is 27.8 Å². The highest BCUT2D eigenvalue weighted by molar-refractivity contribution is 7.90. The van der Waals surface area contributed by atoms with Crippen molar-refractivity contribution in [1.82, 2.24) is 5.32 Å². The molecule has 1 unspecified atom stereocenters. The molecule has 0 bridgehead atoms. The largest absolute Gasteiger partial charge is 0.497 e. The lowest BCUT2D eigenvalue weighted by Gasteiger charge is -2.15. The summed E-state index contributed by atoms with van der Waals surface area (Å²) in [6.07, 6.45) is -0.0761. The van der Waals surface area contributed by atoms with Crippen LogP contribution in [0.1, 0.15) is 22.8 Å². The number of carbonyl (C=O) groups is 2. The van der Waals surface area contributed by atoms with Crippen molar-refractivity contribution in [2.45, 2.75) is 24.5 Å². The lowest BCUT2D eigenvalue weighted by Crippen LogP contribution is -2.35. The van der Waals surface area contributed by atoms with Gasteiger partial charge in [-0.2, -0.15) is 0 Å². The lowest BCUT2D eigenvalue weighted by atomic mass is 10.2. The minimum Gasteiger partial charge on any atom is -0.497 e. The predicted molar refractivity (Wildman–Crippen MR) is 99.3 cm³/mol. The molecule has 0 spiro atoms. The van der Waals surface area contributed by atoms with Gasteiger partial charge in [0, 0.05) is 12.8 Å². The first-order chi connectivity index (χ1) is 12.7. The van der Waals surface area contributed by atoms with Gasteiger partial charge in [0.15, 0.2) is 15.9 Å². The van der Waals surface area contributed by atoms with E-state index in [1.54, 1.807) is 31.4 Å². The maximum Gasteiger partial charge on any atom is 0.340 e. The number of rotatable bonds is 7. The van der Waals surface area contributed by atoms with Crippen molar-refractivity contribution in [3.63, 3.8) is 0 Å². The zero-order valence-electron chi connectivity index (χ0n) is 15.3. The van der Waals surface area contributed by atoms with E-state index in [2.05, 4.69) is 5.32 Å². The number of methoxy groups -OCH3 is 1. The molecule has 0 aromatic heterocycles. The molecule has 144 valence electrons. The maximum absolute atomic E-state index is 12.3. The first-order valence-corrected chi connectivity index (χ1v) is 10.0. The van der Waals surface area contributed by atoms with E-state index in [1.165, 1.54) is 31.2 Å². The van der Waals surface area contributed by atoms with Gasteiger partial charge in [0.05, 0.1) is 17.6 Å². The maximum atomic E-state index is 12.3. The summed E-state index contributed by atoms with van der Waals surface area (Å²) >= 11 is 0. The van der Waals surface area contributed by atoms with Crippen molar-refractivity contribution in [2.75, 3.05) is 13.4 Å². The van der Waals surface area contributed by atoms with Crippen molar-refractivity contribution < 1.29 is 27.5 Å². The predicted octanol–water partition coefficient (Wildman–Crippen LogP) is 1.96. The van der Waals surface area contributed by atoms with Gasteiger partial charge in [0.25, 0.3) is 5.91 Å². The second-order valence-electron chi connectivity index (χ2n) is 5.88. The molecule has 1 amide bonds. The fourth-order valence-corrected chi connectivity index (χ4v) is 3.19. The van der Waals surface area contributed by atoms with Gasteiger partial charge < -0.3 is 14.8 Å². The van der Waals surface area contributed by atoms with Crippen molar-refractivity contribution in [3.05, 3.63) is 59.7 Å². The van der Waals surface area contributed by atoms with E-state index in [0.29, 0.717) is 5.75 Å². The third-order valence-corrected chi connectivity index (χ3v) is 4.94. The minimum absolute atomic E-state index is 0.102. The van der Waals surface area contributed by atoms with Crippen LogP contribution in [-0.4, -0.2) is 39.8 Å². The van der Waals surface area contributed by atoms with Crippen molar-refractivity contribution >= 4 is 21.7 Å². The van der Waals surface area contributed by atoms with Crippen LogP contribution in [0.25, 0.3) is 0 Å². The third-order valence-electron chi connectivity index (χ3n) is 3.79. The fourth-order valence-electron chi connectivity index (χ4n) is 2.31. The number of hydrogen-bond acceptors (Lipinski definition) is 6. The number of sulfone groups is 1. The highest BCUT2D eigenvalue weighted by Crippen LogP contribution is 2.17. The molecule has 0 aliphatic rings. The fraction of sp³-hybridized carbons (Fsp3) is 0.263. The molecular formula is C19H21NO6S. The number of esters is 1. The number of hydrogen-bond donors (Lipinski definition) is 1. The summed E-state index contributed by atoms with van der Waals surface area (Å²) < 4.78 is 33.8. The molecule has 27 heavy (non-hydrogen) atoms. The Balaban J connectivity index is 1.99. The summed E-state index contributed by atoms with van der Waals surface area (Å²) in [4.78, 5) is 24.3. The second kappa shape index (κ2) is 8.68. The van der Waals surface area contributed by atoms with Crippen molar-refractivity contribution in [3.8, 4) is 5.75 Å². The topological polar surface area (TPSA) is 98.8 Å². The van der Waals surface area contributed by atoms with Gasteiger partial charge in [0.2, 0.25) is 0 Å². The van der Waals surface area contributed by atoms with Gasteiger partial charge in [-0.25, -0.2) is 13.2 Å². The van der Waals surface area contributed by atoms with Crippen molar-refractivity contribution in [2.24, 2.45) is 0 Å². The molecule has 0 saturated carbocycles. The van der Waals surface area contributed by atoms with Gasteiger partial charge in [-0.3, -0.25) is 4.79 Å². The molecule has 0 radical (unpaired) electrons. The van der Waals surface area contributed by atoms with E-state index >= 15 is 0 Å². The standard InChI is InChI=1S/C19H21NO6S/c1-13(18(21)20-12-14-8-10-15(25-2)11-9-14)26-19(22)16-6-4-5-7-17(16)27(3,23)24/h4-11,13H,12H2,1-3H3,(H,20,21). The molecule has 1 atom stereocenters. The van der Waals surface area contributed by atoms with Crippen LogP contribution in [-0.2, 0) is 25.9 Å². The van der Waals surface area contributed by atoms with Gasteiger partial charge in [-0.1, -0.05) is 24.3 Å². The smallest absolute Gasteiger partial charge is 0.340 e. The van der Waals surface area contributed by atoms with E-state index in [0.717, 1.165) is 11.8 Å². The Bertz CT molecular complexity index is 921. The van der Waals surface area contributed by atoms with Gasteiger partial charge in [-0.05, 0) is 36.8 Å². The number of ether oxygens (including phenoxy) is 2. The van der Waals surface area contributed by atoms with Gasteiger partial charge in [-0.15, -0.1) is 0 Å². The normalized spacial score (nSPS) is 12.1. The Hall–Kier alpha value is -2.87. The Labute approximate surface area is 158 Å². The molecule has 0 aliphatic heterocycles. The molecule has 2 aromatic rings. The average molecular weight is 391 g/mol. The molecule has 1 N–H and O–H groups in total. The zero-order chi connectivity index (χ0) is 20.0. The Morgan fingerprint density at radius 1 is 1.07 bits per heavy atom. The number of carbonyl (C=O) groups excluding carboxylic acids is 2. The summed E-state index contributed by atoms with van der Waals surface area (Å²) in [5.74, 6) is -0.656. The number of nitrogens with one attached hydrogen (secondary N) is 1. The van der Waals surface area contributed by atoms with Crippen LogP contribution >= 0.6 is 0 Å². The molecule has 0 heterocycles. The molecule has 2 rings (SSSR count). The molecular weight excluding hydrogens is 370 g/mol. The summed E-state index contributed by atoms with van der Waals surface area (Å²) in [6, 6.07) is 12.9. The van der Waals surface area contributed by atoms with Gasteiger partial charge >= 0.3 is 5.97 Å². The Morgan fingerprint density at radius 2 is 1.70 bits per heavy atom. The summed E-state index contributed by atoms with van der Waals surface area (Å²) in [6.45, 7) is 1.68. The molecule has 0 fully saturated rings. The molecule has 8 heteroatoms. The second-order valence-corrected chi connectivity index (χ2v) is 7.87. The van der Waals surface area contributed by atoms with Crippen LogP contribution < -0.4 is 10.1 Å². The molecule has 2 aromatic carbocycles. The lowest BCUT2D eigenvalue weighted by molar-refractivity contribution is -0.129. The molecule has 0 aliphatic carbocycles. The monoisotopic (exact) mass is 391 g/mol. The SMILES string of the molecule is COc1ccc(CNC(=O)C(C)OC(=O)c2ccccc2S(C)(=O)=O)cc1. The summed E-state index contributed by atoms with van der Waals surface area (Å²) in [5.41, 5.74) is 0.750. The van der Waals surface area contributed by atoms with Crippen LogP contribution in [0.4, 0.5) is 0 Å². The molecule has 7 nitrogen and oxygen atoms in total. The van der Waals surface area contributed by atoms with Crippen LogP contribution in [0, 0.1) is 0 Å². The highest BCUT2D eigenvalue weighted by Gasteiger charge is 2.23. The Morgan fingerprint density at radius 3 is 2.30 bits per heavy atom. The molecule has 0 saturated heterocycles. The first kappa shape index (κ1) is 20.4. The van der Waals surface area contributed by atoms with Crippen LogP contribution in [0.2, 0.25) is 0 Å². The quantitative estimate of drug-likeness (QED) is 0.725. The first-order valence-electron chi connectivity index (χ1n) is 8.13. The highest BCUT2D eigenvalue weighted by atomic mass is 32.2. The van der Waals surface area contributed by atoms with Gasteiger partial charge in [0.1, 0.15) is 5.75 Å². The summed E-state index contributed by atoms with van der Waals surface area (Å²) in [5, 5.41) is 2.66. The third kappa shape index (κ3) is 5.55. The number of amides is 1. The van der Waals surface area contributed by atoms with Crippen LogP contribution in [0.15, 0.2) is 53.4 Å². The average Bonchev–Trinajstić information content (AvgIpc) is 2.65. The van der Waals surface area contributed by atoms with Crippen molar-refractivity contribution in [1.29, 1.82) is 0 Å². The van der Waals surface area contributed by atoms with E-state index in [9.17, 15) is 18.0 Å². The Kier molecular flexibility index (Phi) is 6.57. The van der Waals surface area contributed by atoms with E-state index in [4.69, 9.17) is 9.47 Å². The van der Waals surface area contributed by atoms with E-state index in [1.807, 2.05) is 0 Å². The van der Waals surface area contributed by atoms with E-state index in [-0.39, 0.29) is 17.0 Å². The van der Waals surface area contributed by atoms with Crippen LogP contribution in [0.3, 0.4) is 0 Å². The zero-order valence-corrected chi connectivity index (χ0v) is 16.1.